The van der Waals surface area contributed by atoms with Gasteiger partial charge in [0.2, 0.25) is 5.91 Å². The predicted octanol–water partition coefficient (Wildman–Crippen LogP) is 1.39. The normalized spacial score (nSPS) is 22.2. The molecule has 0 aromatic carbocycles. The highest BCUT2D eigenvalue weighted by Crippen LogP contribution is 2.36. The number of amides is 1. The smallest absolute Gasteiger partial charge is 0.241 e. The fourth-order valence-corrected chi connectivity index (χ4v) is 2.46. The molecule has 0 aliphatic heterocycles. The second-order valence-corrected chi connectivity index (χ2v) is 5.91. The molecule has 2 N–H and O–H groups in total. The van der Waals surface area contributed by atoms with Gasteiger partial charge in [0.25, 0.3) is 0 Å². The number of methoxy groups -OCH3 is 1. The highest BCUT2D eigenvalue weighted by Gasteiger charge is 2.31. The number of carbonyl (C=O) groups excluding carboxylic acids is 1. The third-order valence-corrected chi connectivity index (χ3v) is 3.87. The number of carbonyl (C=O) groups is 1. The van der Waals surface area contributed by atoms with Crippen LogP contribution in [0.5, 0.6) is 0 Å². The number of hydrogen-bond donors (Lipinski definition) is 1. The summed E-state index contributed by atoms with van der Waals surface area (Å²) in [6.07, 6.45) is 4.51. The van der Waals surface area contributed by atoms with Crippen molar-refractivity contribution in [2.24, 2.45) is 11.1 Å². The van der Waals surface area contributed by atoms with Crippen LogP contribution in [0.15, 0.2) is 0 Å². The van der Waals surface area contributed by atoms with Gasteiger partial charge in [0.1, 0.15) is 6.04 Å². The van der Waals surface area contributed by atoms with E-state index in [0.717, 1.165) is 12.8 Å². The molecule has 0 bridgehead atoms. The maximum absolute atomic E-state index is 12.0. The maximum atomic E-state index is 12.0. The molecule has 100 valence electrons. The molecule has 1 aliphatic rings. The third-order valence-electron chi connectivity index (χ3n) is 3.87. The zero-order valence-corrected chi connectivity index (χ0v) is 11.5. The van der Waals surface area contributed by atoms with Crippen LogP contribution < -0.4 is 5.73 Å². The van der Waals surface area contributed by atoms with E-state index in [1.807, 2.05) is 11.9 Å². The van der Waals surface area contributed by atoms with Crippen LogP contribution in [0, 0.1) is 5.41 Å². The Balaban J connectivity index is 2.48. The van der Waals surface area contributed by atoms with Crippen molar-refractivity contribution < 1.29 is 9.53 Å². The van der Waals surface area contributed by atoms with E-state index in [1.165, 1.54) is 12.8 Å². The fraction of sp³-hybridized carbons (Fsp3) is 0.923. The molecule has 1 rings (SSSR count). The van der Waals surface area contributed by atoms with Crippen molar-refractivity contribution in [2.75, 3.05) is 20.8 Å². The van der Waals surface area contributed by atoms with Gasteiger partial charge in [-0.25, -0.2) is 0 Å². The zero-order chi connectivity index (χ0) is 13.1. The minimum absolute atomic E-state index is 0.00319. The van der Waals surface area contributed by atoms with Gasteiger partial charge in [-0.3, -0.25) is 4.79 Å². The molecular formula is C13H26N2O2. The van der Waals surface area contributed by atoms with Crippen molar-refractivity contribution in [1.82, 2.24) is 4.90 Å². The summed E-state index contributed by atoms with van der Waals surface area (Å²) < 4.78 is 4.92. The van der Waals surface area contributed by atoms with E-state index < -0.39 is 6.04 Å². The van der Waals surface area contributed by atoms with Gasteiger partial charge in [0.15, 0.2) is 0 Å². The number of hydrogen-bond acceptors (Lipinski definition) is 3. The second kappa shape index (κ2) is 5.83. The van der Waals surface area contributed by atoms with Crippen LogP contribution in [0.4, 0.5) is 0 Å². The molecule has 0 saturated heterocycles. The molecule has 0 aromatic rings. The van der Waals surface area contributed by atoms with Crippen molar-refractivity contribution in [3.05, 3.63) is 0 Å². The summed E-state index contributed by atoms with van der Waals surface area (Å²) in [6, 6.07) is -0.182. The Hall–Kier alpha value is -0.610. The lowest BCUT2D eigenvalue weighted by atomic mass is 9.75. The van der Waals surface area contributed by atoms with Crippen LogP contribution in [0.1, 0.15) is 39.5 Å². The first-order valence-electron chi connectivity index (χ1n) is 6.38. The summed E-state index contributed by atoms with van der Waals surface area (Å²) in [6.45, 7) is 4.88. The number of ether oxygens (including phenoxy) is 1. The largest absolute Gasteiger partial charge is 0.383 e. The van der Waals surface area contributed by atoms with Gasteiger partial charge in [-0.2, -0.15) is 0 Å². The third kappa shape index (κ3) is 3.96. The first-order valence-corrected chi connectivity index (χ1v) is 6.38. The lowest BCUT2D eigenvalue weighted by Crippen LogP contribution is -2.49. The molecule has 4 heteroatoms. The van der Waals surface area contributed by atoms with Crippen LogP contribution in [-0.2, 0) is 9.53 Å². The summed E-state index contributed by atoms with van der Waals surface area (Å²) >= 11 is 0. The van der Waals surface area contributed by atoms with Crippen molar-refractivity contribution in [3.8, 4) is 0 Å². The highest BCUT2D eigenvalue weighted by molar-refractivity contribution is 5.81. The summed E-state index contributed by atoms with van der Waals surface area (Å²) in [5.41, 5.74) is 6.20. The average molecular weight is 242 g/mol. The monoisotopic (exact) mass is 242 g/mol. The Morgan fingerprint density at radius 2 is 2.00 bits per heavy atom. The van der Waals surface area contributed by atoms with Crippen LogP contribution in [-0.4, -0.2) is 43.7 Å². The van der Waals surface area contributed by atoms with Crippen molar-refractivity contribution in [1.29, 1.82) is 0 Å². The quantitative estimate of drug-likeness (QED) is 0.810. The van der Waals surface area contributed by atoms with E-state index in [-0.39, 0.29) is 5.91 Å². The Labute approximate surface area is 104 Å². The van der Waals surface area contributed by atoms with E-state index in [0.29, 0.717) is 18.1 Å². The molecule has 4 nitrogen and oxygen atoms in total. The topological polar surface area (TPSA) is 55.6 Å². The van der Waals surface area contributed by atoms with Gasteiger partial charge < -0.3 is 15.4 Å². The molecule has 0 spiro atoms. The van der Waals surface area contributed by atoms with Gasteiger partial charge in [-0.15, -0.1) is 0 Å². The van der Waals surface area contributed by atoms with Gasteiger partial charge in [0, 0.05) is 20.2 Å². The van der Waals surface area contributed by atoms with Gasteiger partial charge >= 0.3 is 0 Å². The summed E-state index contributed by atoms with van der Waals surface area (Å²) in [7, 11) is 3.43. The fourth-order valence-electron chi connectivity index (χ4n) is 2.46. The number of rotatable bonds is 4. The van der Waals surface area contributed by atoms with E-state index in [2.05, 4.69) is 13.8 Å². The molecule has 0 aromatic heterocycles. The maximum Gasteiger partial charge on any atom is 0.241 e. The highest BCUT2D eigenvalue weighted by atomic mass is 16.5. The minimum Gasteiger partial charge on any atom is -0.383 e. The standard InChI is InChI=1S/C13H26N2O2/c1-13(2)7-5-10(6-8-13)15(3)12(16)11(14)9-17-4/h10-11H,5-9,14H2,1-4H3. The van der Waals surface area contributed by atoms with E-state index in [1.54, 1.807) is 7.11 Å². The summed E-state index contributed by atoms with van der Waals surface area (Å²) in [4.78, 5) is 13.8. The van der Waals surface area contributed by atoms with Gasteiger partial charge in [0.05, 0.1) is 6.61 Å². The minimum atomic E-state index is -0.528. The molecule has 17 heavy (non-hydrogen) atoms. The van der Waals surface area contributed by atoms with Crippen LogP contribution in [0.3, 0.4) is 0 Å². The molecule has 0 heterocycles. The van der Waals surface area contributed by atoms with Gasteiger partial charge in [-0.05, 0) is 31.1 Å². The molecule has 1 amide bonds. The summed E-state index contributed by atoms with van der Waals surface area (Å²) in [5.74, 6) is -0.00319. The SMILES string of the molecule is COCC(N)C(=O)N(C)C1CCC(C)(C)CC1. The Morgan fingerprint density at radius 3 is 2.47 bits per heavy atom. The summed E-state index contributed by atoms with van der Waals surface area (Å²) in [5, 5.41) is 0. The Morgan fingerprint density at radius 1 is 1.47 bits per heavy atom. The molecule has 1 saturated carbocycles. The Kier molecular flexibility index (Phi) is 4.95. The molecule has 0 radical (unpaired) electrons. The lowest BCUT2D eigenvalue weighted by molar-refractivity contribution is -0.135. The van der Waals surface area contributed by atoms with E-state index in [9.17, 15) is 4.79 Å². The van der Waals surface area contributed by atoms with Gasteiger partial charge in [-0.1, -0.05) is 13.8 Å². The lowest BCUT2D eigenvalue weighted by Gasteiger charge is -2.39. The van der Waals surface area contributed by atoms with Crippen LogP contribution >= 0.6 is 0 Å². The number of likely N-dealkylation sites (N-methyl/N-ethyl adjacent to an activating group) is 1. The number of nitrogens with two attached hydrogens (primary N) is 1. The van der Waals surface area contributed by atoms with Crippen molar-refractivity contribution >= 4 is 5.91 Å². The van der Waals surface area contributed by atoms with Crippen molar-refractivity contribution in [2.45, 2.75) is 51.6 Å². The molecule has 1 aliphatic carbocycles. The first-order chi connectivity index (χ1) is 7.87. The van der Waals surface area contributed by atoms with Crippen molar-refractivity contribution in [3.63, 3.8) is 0 Å². The number of nitrogens with zero attached hydrogens (tertiary/aromatic N) is 1. The van der Waals surface area contributed by atoms with Crippen LogP contribution in [0.25, 0.3) is 0 Å². The first kappa shape index (κ1) is 14.5. The second-order valence-electron chi connectivity index (χ2n) is 5.91. The average Bonchev–Trinajstić information content (AvgIpc) is 2.27. The van der Waals surface area contributed by atoms with E-state index >= 15 is 0 Å². The zero-order valence-electron chi connectivity index (χ0n) is 11.5. The molecule has 1 fully saturated rings. The molecule has 1 atom stereocenters. The molecule has 1 unspecified atom stereocenters. The van der Waals surface area contributed by atoms with Crippen LogP contribution in [0.2, 0.25) is 0 Å². The predicted molar refractivity (Wildman–Crippen MR) is 68.7 cm³/mol. The Bertz CT molecular complexity index is 256. The molecular weight excluding hydrogens is 216 g/mol. The van der Waals surface area contributed by atoms with E-state index in [4.69, 9.17) is 10.5 Å².